The number of hydrogen-bond acceptors (Lipinski definition) is 4. The van der Waals surface area contributed by atoms with Crippen LogP contribution in [0.25, 0.3) is 0 Å². The molecule has 0 spiro atoms. The average molecular weight is 300 g/mol. The third-order valence-electron chi connectivity index (χ3n) is 3.70. The molecule has 1 saturated heterocycles. The monoisotopic (exact) mass is 300 g/mol. The quantitative estimate of drug-likeness (QED) is 0.798. The molecule has 4 heteroatoms. The van der Waals surface area contributed by atoms with E-state index in [0.29, 0.717) is 24.5 Å². The molecule has 1 aliphatic heterocycles. The lowest BCUT2D eigenvalue weighted by Crippen LogP contribution is -2.03. The fraction of sp³-hybridized carbons (Fsp3) is 0.333. The lowest BCUT2D eigenvalue weighted by molar-refractivity contribution is 0.153. The van der Waals surface area contributed by atoms with Crippen molar-refractivity contribution in [1.82, 2.24) is 0 Å². The Kier molecular flexibility index (Phi) is 4.61. The standard InChI is InChI=1S/C18H20O4/c1-20-18-9-14(16(19)10-15-12-21-15)7-8-17(18)22-11-13-5-3-2-4-6-13/h2-9,15-16,19H,10-12H2,1H3. The van der Waals surface area contributed by atoms with E-state index in [-0.39, 0.29) is 6.10 Å². The smallest absolute Gasteiger partial charge is 0.161 e. The van der Waals surface area contributed by atoms with Gasteiger partial charge in [-0.3, -0.25) is 0 Å². The van der Waals surface area contributed by atoms with Crippen LogP contribution in [0.4, 0.5) is 0 Å². The van der Waals surface area contributed by atoms with Gasteiger partial charge >= 0.3 is 0 Å². The van der Waals surface area contributed by atoms with Gasteiger partial charge in [-0.25, -0.2) is 0 Å². The van der Waals surface area contributed by atoms with Gasteiger partial charge in [-0.15, -0.1) is 0 Å². The van der Waals surface area contributed by atoms with Crippen LogP contribution >= 0.6 is 0 Å². The van der Waals surface area contributed by atoms with Gasteiger partial charge in [0, 0.05) is 6.42 Å². The van der Waals surface area contributed by atoms with Crippen LogP contribution < -0.4 is 9.47 Å². The normalized spacial score (nSPS) is 17.8. The summed E-state index contributed by atoms with van der Waals surface area (Å²) in [6.45, 7) is 1.22. The molecule has 0 amide bonds. The first kappa shape index (κ1) is 14.9. The highest BCUT2D eigenvalue weighted by atomic mass is 16.6. The second kappa shape index (κ2) is 6.81. The first-order valence-corrected chi connectivity index (χ1v) is 7.40. The molecular formula is C18H20O4. The lowest BCUT2D eigenvalue weighted by atomic mass is 10.0. The summed E-state index contributed by atoms with van der Waals surface area (Å²) in [5, 5.41) is 10.2. The number of hydrogen-bond donors (Lipinski definition) is 1. The Morgan fingerprint density at radius 1 is 1.18 bits per heavy atom. The van der Waals surface area contributed by atoms with E-state index in [9.17, 15) is 5.11 Å². The zero-order valence-electron chi connectivity index (χ0n) is 12.6. The van der Waals surface area contributed by atoms with Gasteiger partial charge in [0.05, 0.1) is 25.9 Å². The summed E-state index contributed by atoms with van der Waals surface area (Å²) in [6.07, 6.45) is 0.271. The minimum atomic E-state index is -0.537. The highest BCUT2D eigenvalue weighted by Gasteiger charge is 2.26. The Morgan fingerprint density at radius 3 is 2.64 bits per heavy atom. The molecule has 0 saturated carbocycles. The van der Waals surface area contributed by atoms with E-state index in [0.717, 1.165) is 17.7 Å². The molecule has 1 aliphatic rings. The van der Waals surface area contributed by atoms with E-state index in [2.05, 4.69) is 0 Å². The second-order valence-corrected chi connectivity index (χ2v) is 5.39. The van der Waals surface area contributed by atoms with Crippen molar-refractivity contribution >= 4 is 0 Å². The first-order valence-electron chi connectivity index (χ1n) is 7.40. The Balaban J connectivity index is 1.68. The predicted octanol–water partition coefficient (Wildman–Crippen LogP) is 3.10. The maximum Gasteiger partial charge on any atom is 0.161 e. The third-order valence-corrected chi connectivity index (χ3v) is 3.70. The van der Waals surface area contributed by atoms with Gasteiger partial charge in [0.15, 0.2) is 11.5 Å². The van der Waals surface area contributed by atoms with Gasteiger partial charge in [0.1, 0.15) is 6.61 Å². The number of ether oxygens (including phenoxy) is 3. The number of rotatable bonds is 7. The largest absolute Gasteiger partial charge is 0.493 e. The van der Waals surface area contributed by atoms with Gasteiger partial charge in [-0.2, -0.15) is 0 Å². The molecule has 2 aromatic carbocycles. The Bertz CT molecular complexity index is 608. The minimum absolute atomic E-state index is 0.190. The molecule has 0 bridgehead atoms. The van der Waals surface area contributed by atoms with Crippen molar-refractivity contribution in [2.75, 3.05) is 13.7 Å². The Morgan fingerprint density at radius 2 is 1.95 bits per heavy atom. The van der Waals surface area contributed by atoms with Crippen LogP contribution in [0.3, 0.4) is 0 Å². The van der Waals surface area contributed by atoms with Gasteiger partial charge in [0.25, 0.3) is 0 Å². The van der Waals surface area contributed by atoms with Crippen LogP contribution in [0, 0.1) is 0 Å². The molecule has 1 fully saturated rings. The fourth-order valence-electron chi connectivity index (χ4n) is 2.34. The highest BCUT2D eigenvalue weighted by Crippen LogP contribution is 2.33. The van der Waals surface area contributed by atoms with E-state index in [4.69, 9.17) is 14.2 Å². The van der Waals surface area contributed by atoms with Crippen molar-refractivity contribution in [3.8, 4) is 11.5 Å². The highest BCUT2D eigenvalue weighted by molar-refractivity contribution is 5.43. The molecule has 2 atom stereocenters. The topological polar surface area (TPSA) is 51.2 Å². The molecule has 0 radical (unpaired) electrons. The molecule has 4 nitrogen and oxygen atoms in total. The average Bonchev–Trinajstić information content (AvgIpc) is 3.37. The molecule has 2 aromatic rings. The van der Waals surface area contributed by atoms with Crippen LogP contribution in [0.2, 0.25) is 0 Å². The first-order chi connectivity index (χ1) is 10.8. The summed E-state index contributed by atoms with van der Waals surface area (Å²) in [7, 11) is 1.60. The maximum absolute atomic E-state index is 10.2. The van der Waals surface area contributed by atoms with Crippen LogP contribution in [-0.4, -0.2) is 24.9 Å². The number of epoxide rings is 1. The summed E-state index contributed by atoms with van der Waals surface area (Å²) < 4.78 is 16.3. The van der Waals surface area contributed by atoms with E-state index < -0.39 is 6.10 Å². The molecule has 22 heavy (non-hydrogen) atoms. The Labute approximate surface area is 130 Å². The number of aliphatic hydroxyl groups excluding tert-OH is 1. The summed E-state index contributed by atoms with van der Waals surface area (Å²) in [6, 6.07) is 15.5. The summed E-state index contributed by atoms with van der Waals surface area (Å²) in [4.78, 5) is 0. The molecule has 3 rings (SSSR count). The van der Waals surface area contributed by atoms with Crippen LogP contribution in [0.1, 0.15) is 23.7 Å². The molecule has 0 aliphatic carbocycles. The summed E-state index contributed by atoms with van der Waals surface area (Å²) >= 11 is 0. The minimum Gasteiger partial charge on any atom is -0.493 e. The van der Waals surface area contributed by atoms with Crippen LogP contribution in [-0.2, 0) is 11.3 Å². The van der Waals surface area contributed by atoms with Crippen molar-refractivity contribution in [3.63, 3.8) is 0 Å². The van der Waals surface area contributed by atoms with E-state index in [1.165, 1.54) is 0 Å². The van der Waals surface area contributed by atoms with Crippen molar-refractivity contribution in [2.45, 2.75) is 25.2 Å². The molecule has 1 heterocycles. The number of benzene rings is 2. The zero-order valence-corrected chi connectivity index (χ0v) is 12.6. The molecule has 2 unspecified atom stereocenters. The van der Waals surface area contributed by atoms with Gasteiger partial charge in [0.2, 0.25) is 0 Å². The van der Waals surface area contributed by atoms with Gasteiger partial charge in [-0.05, 0) is 23.3 Å². The van der Waals surface area contributed by atoms with Crippen molar-refractivity contribution in [2.24, 2.45) is 0 Å². The van der Waals surface area contributed by atoms with Crippen molar-refractivity contribution in [1.29, 1.82) is 0 Å². The SMILES string of the molecule is COc1cc(C(O)CC2CO2)ccc1OCc1ccccc1. The Hall–Kier alpha value is -2.04. The van der Waals surface area contributed by atoms with Gasteiger partial charge in [-0.1, -0.05) is 36.4 Å². The predicted molar refractivity (Wildman–Crippen MR) is 83.1 cm³/mol. The lowest BCUT2D eigenvalue weighted by Gasteiger charge is -2.15. The molecule has 116 valence electrons. The van der Waals surface area contributed by atoms with Crippen molar-refractivity contribution in [3.05, 3.63) is 59.7 Å². The van der Waals surface area contributed by atoms with Crippen LogP contribution in [0.15, 0.2) is 48.5 Å². The van der Waals surface area contributed by atoms with Crippen molar-refractivity contribution < 1.29 is 19.3 Å². The second-order valence-electron chi connectivity index (χ2n) is 5.39. The van der Waals surface area contributed by atoms with E-state index in [1.54, 1.807) is 7.11 Å². The van der Waals surface area contributed by atoms with E-state index >= 15 is 0 Å². The molecule has 1 N–H and O–H groups in total. The maximum atomic E-state index is 10.2. The number of aliphatic hydroxyl groups is 1. The van der Waals surface area contributed by atoms with E-state index in [1.807, 2.05) is 48.5 Å². The third kappa shape index (κ3) is 3.78. The fourth-order valence-corrected chi connectivity index (χ4v) is 2.34. The summed E-state index contributed by atoms with van der Waals surface area (Å²) in [5.41, 5.74) is 1.92. The van der Waals surface area contributed by atoms with Gasteiger partial charge < -0.3 is 19.3 Å². The summed E-state index contributed by atoms with van der Waals surface area (Å²) in [5.74, 6) is 1.30. The molecular weight excluding hydrogens is 280 g/mol. The number of methoxy groups -OCH3 is 1. The molecule has 0 aromatic heterocycles. The van der Waals surface area contributed by atoms with Crippen LogP contribution in [0.5, 0.6) is 11.5 Å². The zero-order chi connectivity index (χ0) is 15.4.